The lowest BCUT2D eigenvalue weighted by Gasteiger charge is -2.29. The van der Waals surface area contributed by atoms with Crippen molar-refractivity contribution in [3.63, 3.8) is 0 Å². The van der Waals surface area contributed by atoms with Gasteiger partial charge in [0.2, 0.25) is 5.92 Å². The first-order chi connectivity index (χ1) is 11.5. The predicted octanol–water partition coefficient (Wildman–Crippen LogP) is 3.47. The van der Waals surface area contributed by atoms with Gasteiger partial charge < -0.3 is 15.1 Å². The Hall–Kier alpha value is -0.910. The lowest BCUT2D eigenvalue weighted by atomic mass is 9.87. The molecule has 0 unspecified atom stereocenters. The van der Waals surface area contributed by atoms with Gasteiger partial charge in [-0.25, -0.2) is 13.6 Å². The van der Waals surface area contributed by atoms with Gasteiger partial charge in [0, 0.05) is 38.5 Å². The van der Waals surface area contributed by atoms with E-state index in [1.807, 2.05) is 4.90 Å². The number of rotatable bonds is 3. The number of nitrogens with zero attached hydrogens (tertiary/aromatic N) is 2. The van der Waals surface area contributed by atoms with Crippen LogP contribution in [0.2, 0.25) is 0 Å². The summed E-state index contributed by atoms with van der Waals surface area (Å²) in [6, 6.07) is 0.625. The monoisotopic (exact) mass is 343 g/mol. The van der Waals surface area contributed by atoms with Crippen LogP contribution in [-0.2, 0) is 0 Å². The summed E-state index contributed by atoms with van der Waals surface area (Å²) in [7, 11) is 0. The molecular weight excluding hydrogens is 312 g/mol. The molecule has 6 heteroatoms. The Bertz CT molecular complexity index is 416. The molecule has 0 radical (unpaired) electrons. The van der Waals surface area contributed by atoms with Gasteiger partial charge in [-0.1, -0.05) is 0 Å². The standard InChI is InChI=1S/C18H31F2N3O/c19-18(20)8-5-15(6-9-18)14-21-17(24)23-12-3-4-16(7-13-23)22-10-1-2-11-22/h15-16H,1-14H2,(H,21,24)/t16-/m0/s1. The summed E-state index contributed by atoms with van der Waals surface area (Å²) in [5, 5.41) is 2.99. The van der Waals surface area contributed by atoms with Gasteiger partial charge in [0.15, 0.2) is 0 Å². The Morgan fingerprint density at radius 1 is 0.958 bits per heavy atom. The summed E-state index contributed by atoms with van der Waals surface area (Å²) in [5.74, 6) is -2.28. The lowest BCUT2D eigenvalue weighted by Crippen LogP contribution is -2.43. The van der Waals surface area contributed by atoms with E-state index in [0.717, 1.165) is 25.9 Å². The van der Waals surface area contributed by atoms with E-state index in [0.29, 0.717) is 25.4 Å². The van der Waals surface area contributed by atoms with E-state index in [2.05, 4.69) is 10.2 Å². The minimum atomic E-state index is -2.49. The van der Waals surface area contributed by atoms with Crippen LogP contribution in [-0.4, -0.2) is 60.5 Å². The number of hydrogen-bond acceptors (Lipinski definition) is 2. The van der Waals surface area contributed by atoms with Gasteiger partial charge in [-0.2, -0.15) is 0 Å². The van der Waals surface area contributed by atoms with Crippen LogP contribution in [0.25, 0.3) is 0 Å². The molecule has 0 aromatic rings. The van der Waals surface area contributed by atoms with E-state index in [-0.39, 0.29) is 24.8 Å². The van der Waals surface area contributed by atoms with Crippen LogP contribution < -0.4 is 5.32 Å². The zero-order valence-electron chi connectivity index (χ0n) is 14.6. The average molecular weight is 343 g/mol. The van der Waals surface area contributed by atoms with Crippen molar-refractivity contribution < 1.29 is 13.6 Å². The molecule has 24 heavy (non-hydrogen) atoms. The van der Waals surface area contributed by atoms with Crippen molar-refractivity contribution in [1.82, 2.24) is 15.1 Å². The van der Waals surface area contributed by atoms with Crippen molar-refractivity contribution in [1.29, 1.82) is 0 Å². The number of alkyl halides is 2. The normalized spacial score (nSPS) is 29.4. The maximum Gasteiger partial charge on any atom is 0.317 e. The molecule has 2 aliphatic heterocycles. The molecule has 0 bridgehead atoms. The Balaban J connectivity index is 1.39. The zero-order chi connectivity index (χ0) is 17.0. The topological polar surface area (TPSA) is 35.6 Å². The van der Waals surface area contributed by atoms with Crippen molar-refractivity contribution in [3.05, 3.63) is 0 Å². The second kappa shape index (κ2) is 7.98. The molecule has 4 nitrogen and oxygen atoms in total. The number of nitrogens with one attached hydrogen (secondary N) is 1. The molecule has 3 fully saturated rings. The quantitative estimate of drug-likeness (QED) is 0.852. The molecule has 2 saturated heterocycles. The van der Waals surface area contributed by atoms with Crippen molar-refractivity contribution in [2.24, 2.45) is 5.92 Å². The van der Waals surface area contributed by atoms with Crippen molar-refractivity contribution in [2.75, 3.05) is 32.7 Å². The Morgan fingerprint density at radius 2 is 1.67 bits per heavy atom. The maximum atomic E-state index is 13.2. The highest BCUT2D eigenvalue weighted by Crippen LogP contribution is 2.35. The highest BCUT2D eigenvalue weighted by molar-refractivity contribution is 5.74. The fourth-order valence-corrected chi connectivity index (χ4v) is 4.40. The number of carbonyl (C=O) groups excluding carboxylic acids is 1. The van der Waals surface area contributed by atoms with E-state index >= 15 is 0 Å². The summed E-state index contributed by atoms with van der Waals surface area (Å²) in [4.78, 5) is 16.9. The third-order valence-corrected chi connectivity index (χ3v) is 6.02. The molecule has 0 spiro atoms. The number of halogens is 2. The summed E-state index contributed by atoms with van der Waals surface area (Å²) in [5.41, 5.74) is 0. The number of carbonyl (C=O) groups is 1. The van der Waals surface area contributed by atoms with Crippen LogP contribution in [0.5, 0.6) is 0 Å². The van der Waals surface area contributed by atoms with Crippen molar-refractivity contribution in [3.8, 4) is 0 Å². The van der Waals surface area contributed by atoms with Crippen LogP contribution >= 0.6 is 0 Å². The minimum absolute atomic E-state index is 0.00518. The molecule has 1 N–H and O–H groups in total. The Morgan fingerprint density at radius 3 is 2.38 bits per heavy atom. The Labute approximate surface area is 143 Å². The highest BCUT2D eigenvalue weighted by atomic mass is 19.3. The van der Waals surface area contributed by atoms with Gasteiger partial charge in [0.05, 0.1) is 0 Å². The number of amides is 2. The molecule has 1 aliphatic carbocycles. The molecule has 0 aromatic heterocycles. The predicted molar refractivity (Wildman–Crippen MR) is 90.3 cm³/mol. The van der Waals surface area contributed by atoms with Gasteiger partial charge in [-0.3, -0.25) is 0 Å². The molecule has 1 atom stereocenters. The summed E-state index contributed by atoms with van der Waals surface area (Å²) in [6.45, 7) is 4.60. The molecular formula is C18H31F2N3O. The first-order valence-electron chi connectivity index (χ1n) is 9.68. The first kappa shape index (κ1) is 17.9. The maximum absolute atomic E-state index is 13.2. The van der Waals surface area contributed by atoms with Crippen LogP contribution in [0.15, 0.2) is 0 Å². The van der Waals surface area contributed by atoms with Gasteiger partial charge in [0.25, 0.3) is 0 Å². The van der Waals surface area contributed by atoms with E-state index in [4.69, 9.17) is 0 Å². The second-order valence-electron chi connectivity index (χ2n) is 7.80. The highest BCUT2D eigenvalue weighted by Gasteiger charge is 2.35. The summed E-state index contributed by atoms with van der Waals surface area (Å²) < 4.78 is 26.4. The molecule has 2 heterocycles. The fourth-order valence-electron chi connectivity index (χ4n) is 4.40. The van der Waals surface area contributed by atoms with E-state index in [1.54, 1.807) is 0 Å². The summed E-state index contributed by atoms with van der Waals surface area (Å²) in [6.07, 6.45) is 6.88. The van der Waals surface area contributed by atoms with E-state index in [9.17, 15) is 13.6 Å². The lowest BCUT2D eigenvalue weighted by molar-refractivity contribution is -0.0452. The first-order valence-corrected chi connectivity index (χ1v) is 9.68. The van der Waals surface area contributed by atoms with Crippen LogP contribution in [0.1, 0.15) is 57.8 Å². The summed E-state index contributed by atoms with van der Waals surface area (Å²) >= 11 is 0. The van der Waals surface area contributed by atoms with Crippen LogP contribution in [0.3, 0.4) is 0 Å². The van der Waals surface area contributed by atoms with Gasteiger partial charge >= 0.3 is 6.03 Å². The van der Waals surface area contributed by atoms with Crippen LogP contribution in [0, 0.1) is 5.92 Å². The fraction of sp³-hybridized carbons (Fsp3) is 0.944. The molecule has 0 aromatic carbocycles. The number of likely N-dealkylation sites (tertiary alicyclic amines) is 2. The molecule has 3 rings (SSSR count). The van der Waals surface area contributed by atoms with Crippen molar-refractivity contribution in [2.45, 2.75) is 69.8 Å². The van der Waals surface area contributed by atoms with Gasteiger partial charge in [-0.05, 0) is 64.0 Å². The van der Waals surface area contributed by atoms with E-state index in [1.165, 1.54) is 32.4 Å². The van der Waals surface area contributed by atoms with E-state index < -0.39 is 5.92 Å². The Kier molecular flexibility index (Phi) is 5.95. The minimum Gasteiger partial charge on any atom is -0.338 e. The zero-order valence-corrected chi connectivity index (χ0v) is 14.6. The largest absolute Gasteiger partial charge is 0.338 e. The number of urea groups is 1. The van der Waals surface area contributed by atoms with Crippen LogP contribution in [0.4, 0.5) is 13.6 Å². The average Bonchev–Trinajstić information content (AvgIpc) is 2.98. The molecule has 1 saturated carbocycles. The second-order valence-corrected chi connectivity index (χ2v) is 7.80. The van der Waals surface area contributed by atoms with Crippen molar-refractivity contribution >= 4 is 6.03 Å². The SMILES string of the molecule is O=C(NCC1CCC(F)(F)CC1)N1CCC[C@H](N2CCCC2)CC1. The molecule has 2 amide bonds. The molecule has 3 aliphatic rings. The third kappa shape index (κ3) is 4.80. The number of hydrogen-bond donors (Lipinski definition) is 1. The third-order valence-electron chi connectivity index (χ3n) is 6.02. The van der Waals surface area contributed by atoms with Gasteiger partial charge in [-0.15, -0.1) is 0 Å². The molecule has 138 valence electrons. The van der Waals surface area contributed by atoms with Gasteiger partial charge in [0.1, 0.15) is 0 Å². The smallest absolute Gasteiger partial charge is 0.317 e.